The van der Waals surface area contributed by atoms with Crippen molar-refractivity contribution in [2.75, 3.05) is 19.4 Å². The van der Waals surface area contributed by atoms with Gasteiger partial charge >= 0.3 is 0 Å². The number of allylic oxidation sites excluding steroid dienone is 4. The molecule has 0 aromatic heterocycles. The van der Waals surface area contributed by atoms with E-state index >= 15 is 0 Å². The second-order valence-corrected chi connectivity index (χ2v) is 11.4. The third kappa shape index (κ3) is 4.03. The van der Waals surface area contributed by atoms with E-state index in [-0.39, 0.29) is 56.7 Å². The van der Waals surface area contributed by atoms with Crippen LogP contribution in [0.15, 0.2) is 52.3 Å². The first-order chi connectivity index (χ1) is 17.7. The molecule has 0 amide bonds. The summed E-state index contributed by atoms with van der Waals surface area (Å²) in [6.07, 6.45) is 1.10. The molecule has 1 atom stereocenters. The van der Waals surface area contributed by atoms with E-state index in [9.17, 15) is 33.0 Å². The van der Waals surface area contributed by atoms with Crippen LogP contribution in [0.25, 0.3) is 0 Å². The van der Waals surface area contributed by atoms with Gasteiger partial charge in [0.25, 0.3) is 0 Å². The van der Waals surface area contributed by atoms with Crippen molar-refractivity contribution in [3.8, 4) is 23.0 Å². The zero-order valence-corrected chi connectivity index (χ0v) is 22.3. The van der Waals surface area contributed by atoms with E-state index < -0.39 is 44.1 Å². The lowest BCUT2D eigenvalue weighted by Gasteiger charge is -2.29. The first-order valence-electron chi connectivity index (χ1n) is 11.7. The Morgan fingerprint density at radius 3 is 2.32 bits per heavy atom. The smallest absolute Gasteiger partial charge is 0.194 e. The largest absolute Gasteiger partial charge is 0.507 e. The third-order valence-electron chi connectivity index (χ3n) is 6.94. The predicted molar refractivity (Wildman–Crippen MR) is 136 cm³/mol. The zero-order chi connectivity index (χ0) is 28.2. The highest BCUT2D eigenvalue weighted by Crippen LogP contribution is 2.57. The van der Waals surface area contributed by atoms with E-state index in [0.29, 0.717) is 5.75 Å². The Hall–Kier alpha value is -4.12. The topological polar surface area (TPSA) is 156 Å². The van der Waals surface area contributed by atoms with Gasteiger partial charge in [-0.25, -0.2) is 8.42 Å². The van der Waals surface area contributed by atoms with Crippen LogP contribution in [0.5, 0.6) is 23.0 Å². The molecule has 38 heavy (non-hydrogen) atoms. The maximum atomic E-state index is 13.8. The highest BCUT2D eigenvalue weighted by molar-refractivity contribution is 7.91. The van der Waals surface area contributed by atoms with Crippen LogP contribution < -0.4 is 14.8 Å². The first kappa shape index (κ1) is 26.9. The standard InChI is InChI=1S/C27H27NO9S/c1-13-23(31)21(15(3)29)25-22(24(13)32)27(4)19(37-25)12-18(30)20(26(27)33)14(2)28-10-11-38(34,35)17-8-6-16(36-5)7-9-17/h6-9,12,28,31-32H,10-11H2,1-5H3/t27-/m0/s1. The maximum absolute atomic E-state index is 13.8. The first-order valence-corrected chi connectivity index (χ1v) is 13.3. The number of aromatic hydroxyl groups is 2. The lowest BCUT2D eigenvalue weighted by Crippen LogP contribution is -2.41. The van der Waals surface area contributed by atoms with Crippen LogP contribution in [-0.4, -0.2) is 55.4 Å². The van der Waals surface area contributed by atoms with Crippen LogP contribution in [-0.2, 0) is 24.8 Å². The molecule has 0 unspecified atom stereocenters. The molecular formula is C27H27NO9S. The predicted octanol–water partition coefficient (Wildman–Crippen LogP) is 2.64. The lowest BCUT2D eigenvalue weighted by molar-refractivity contribution is -0.123. The van der Waals surface area contributed by atoms with Crippen molar-refractivity contribution in [3.63, 3.8) is 0 Å². The number of methoxy groups -OCH3 is 1. The fourth-order valence-electron chi connectivity index (χ4n) is 4.72. The summed E-state index contributed by atoms with van der Waals surface area (Å²) in [6, 6.07) is 5.93. The molecule has 0 bridgehead atoms. The number of benzene rings is 2. The number of hydrogen-bond acceptors (Lipinski definition) is 10. The molecule has 11 heteroatoms. The second-order valence-electron chi connectivity index (χ2n) is 9.31. The number of sulfone groups is 1. The van der Waals surface area contributed by atoms with Gasteiger partial charge in [-0.05, 0) is 52.0 Å². The molecule has 0 spiro atoms. The molecule has 200 valence electrons. The summed E-state index contributed by atoms with van der Waals surface area (Å²) in [5.41, 5.74) is -1.96. The van der Waals surface area contributed by atoms with Gasteiger partial charge in [0.15, 0.2) is 27.2 Å². The van der Waals surface area contributed by atoms with E-state index in [1.54, 1.807) is 0 Å². The molecule has 2 aromatic carbocycles. The Kier molecular flexibility index (Phi) is 6.60. The van der Waals surface area contributed by atoms with E-state index in [1.165, 1.54) is 59.1 Å². The maximum Gasteiger partial charge on any atom is 0.194 e. The molecule has 2 aromatic rings. The fourth-order valence-corrected chi connectivity index (χ4v) is 5.88. The number of Topliss-reactive ketones (excluding diaryl/α,β-unsaturated/α-hetero) is 2. The van der Waals surface area contributed by atoms with E-state index in [4.69, 9.17) is 9.47 Å². The van der Waals surface area contributed by atoms with Crippen molar-refractivity contribution in [2.45, 2.75) is 38.0 Å². The normalized spacial score (nSPS) is 19.8. The number of carbonyl (C=O) groups is 3. The van der Waals surface area contributed by atoms with Gasteiger partial charge in [-0.3, -0.25) is 14.4 Å². The van der Waals surface area contributed by atoms with Crippen LogP contribution >= 0.6 is 0 Å². The van der Waals surface area contributed by atoms with Crippen molar-refractivity contribution in [3.05, 3.63) is 64.1 Å². The number of hydrogen-bond donors (Lipinski definition) is 3. The summed E-state index contributed by atoms with van der Waals surface area (Å²) in [6.45, 7) is 5.46. The zero-order valence-electron chi connectivity index (χ0n) is 21.5. The molecule has 1 aliphatic heterocycles. The molecule has 1 aliphatic carbocycles. The van der Waals surface area contributed by atoms with E-state index in [0.717, 1.165) is 6.08 Å². The number of fused-ring (bicyclic) bond motifs is 3. The highest BCUT2D eigenvalue weighted by atomic mass is 32.2. The van der Waals surface area contributed by atoms with Gasteiger partial charge in [0, 0.05) is 23.9 Å². The summed E-state index contributed by atoms with van der Waals surface area (Å²) < 4.78 is 36.2. The van der Waals surface area contributed by atoms with Gasteiger partial charge in [0.05, 0.1) is 28.9 Å². The quantitative estimate of drug-likeness (QED) is 0.270. The highest BCUT2D eigenvalue weighted by Gasteiger charge is 2.56. The Balaban J connectivity index is 1.67. The number of carbonyl (C=O) groups excluding carboxylic acids is 3. The molecule has 10 nitrogen and oxygen atoms in total. The van der Waals surface area contributed by atoms with Crippen LogP contribution in [0.1, 0.15) is 42.3 Å². The van der Waals surface area contributed by atoms with Crippen molar-refractivity contribution in [2.24, 2.45) is 0 Å². The average molecular weight is 542 g/mol. The van der Waals surface area contributed by atoms with Gasteiger partial charge in [-0.2, -0.15) is 0 Å². The molecule has 4 rings (SSSR count). The Morgan fingerprint density at radius 1 is 1.11 bits per heavy atom. The fraction of sp³-hybridized carbons (Fsp3) is 0.296. The van der Waals surface area contributed by atoms with Crippen LogP contribution in [0.4, 0.5) is 0 Å². The monoisotopic (exact) mass is 541 g/mol. The lowest BCUT2D eigenvalue weighted by atomic mass is 9.70. The molecule has 0 saturated heterocycles. The van der Waals surface area contributed by atoms with Crippen molar-refractivity contribution < 1.29 is 42.5 Å². The van der Waals surface area contributed by atoms with Gasteiger partial charge in [-0.15, -0.1) is 0 Å². The van der Waals surface area contributed by atoms with Gasteiger partial charge in [-0.1, -0.05) is 0 Å². The number of ketones is 3. The number of ether oxygens (including phenoxy) is 2. The summed E-state index contributed by atoms with van der Waals surface area (Å²) in [7, 11) is -2.19. The van der Waals surface area contributed by atoms with E-state index in [1.807, 2.05) is 0 Å². The van der Waals surface area contributed by atoms with Crippen molar-refractivity contribution in [1.29, 1.82) is 0 Å². The minimum atomic E-state index is -3.66. The molecule has 0 saturated carbocycles. The number of phenolic OH excluding ortho intramolecular Hbond substituents is 2. The van der Waals surface area contributed by atoms with Crippen molar-refractivity contribution >= 4 is 27.2 Å². The summed E-state index contributed by atoms with van der Waals surface area (Å²) >= 11 is 0. The van der Waals surface area contributed by atoms with Crippen molar-refractivity contribution in [1.82, 2.24) is 5.32 Å². The molecule has 1 heterocycles. The minimum absolute atomic E-state index is 0.00570. The van der Waals surface area contributed by atoms with Gasteiger partial charge in [0.2, 0.25) is 0 Å². The minimum Gasteiger partial charge on any atom is -0.507 e. The number of rotatable bonds is 7. The molecule has 0 radical (unpaired) electrons. The van der Waals surface area contributed by atoms with Crippen LogP contribution in [0, 0.1) is 6.92 Å². The summed E-state index contributed by atoms with van der Waals surface area (Å²) in [4.78, 5) is 39.2. The molecule has 3 N–H and O–H groups in total. The Bertz CT molecular complexity index is 1570. The molecule has 2 aliphatic rings. The SMILES string of the molecule is COc1ccc(S(=O)(=O)CCNC(C)=C2C(=O)C=C3Oc4c(C(C)=O)c(O)c(C)c(O)c4[C@@]3(C)C2=O)cc1. The molecular weight excluding hydrogens is 514 g/mol. The number of nitrogens with one attached hydrogen (secondary N) is 1. The van der Waals surface area contributed by atoms with Crippen LogP contribution in [0.2, 0.25) is 0 Å². The summed E-state index contributed by atoms with van der Waals surface area (Å²) in [5, 5.41) is 24.2. The summed E-state index contributed by atoms with van der Waals surface area (Å²) in [5.74, 6) is -2.86. The van der Waals surface area contributed by atoms with Crippen LogP contribution in [0.3, 0.4) is 0 Å². The second kappa shape index (κ2) is 9.32. The van der Waals surface area contributed by atoms with E-state index in [2.05, 4.69) is 5.32 Å². The van der Waals surface area contributed by atoms with Gasteiger partial charge < -0.3 is 25.0 Å². The van der Waals surface area contributed by atoms with Gasteiger partial charge in [0.1, 0.15) is 39.7 Å². The Morgan fingerprint density at radius 2 is 1.74 bits per heavy atom. The Labute approximate surface area is 219 Å². The number of phenols is 2. The molecule has 0 fully saturated rings. The third-order valence-corrected chi connectivity index (χ3v) is 8.67. The average Bonchev–Trinajstić information content (AvgIpc) is 3.15.